The van der Waals surface area contributed by atoms with Crippen LogP contribution in [-0.2, 0) is 0 Å². The molecule has 2 aliphatic carbocycles. The van der Waals surface area contributed by atoms with E-state index in [1.54, 1.807) is 0 Å². The minimum Gasteiger partial charge on any atom is -0.121 e. The van der Waals surface area contributed by atoms with E-state index in [9.17, 15) is 0 Å². The van der Waals surface area contributed by atoms with Crippen molar-refractivity contribution in [1.29, 1.82) is 0 Å². The third-order valence-electron chi connectivity index (χ3n) is 2.72. The van der Waals surface area contributed by atoms with Crippen LogP contribution in [0, 0.1) is 11.8 Å². The number of rotatable bonds is 0. The summed E-state index contributed by atoms with van der Waals surface area (Å²) in [5, 5.41) is 0.106. The first-order chi connectivity index (χ1) is 5.03. The Kier molecular flexibility index (Phi) is 2.05. The predicted molar refractivity (Wildman–Crippen MR) is 49.9 cm³/mol. The lowest BCUT2D eigenvalue weighted by molar-refractivity contribution is 0.492. The fourth-order valence-corrected chi connectivity index (χ4v) is 3.31. The van der Waals surface area contributed by atoms with Gasteiger partial charge in [-0.1, -0.05) is 0 Å². The molecule has 0 aromatic rings. The minimum absolute atomic E-state index is 0.0530. The van der Waals surface area contributed by atoms with Crippen molar-refractivity contribution in [3.63, 3.8) is 0 Å². The molecule has 2 aliphatic rings. The second-order valence-electron chi connectivity index (χ2n) is 3.39. The van der Waals surface area contributed by atoms with E-state index in [-0.39, 0.29) is 10.8 Å². The molecule has 0 aromatic heterocycles. The molecule has 0 saturated heterocycles. The Balaban J connectivity index is 2.07. The molecule has 4 unspecified atom stereocenters. The summed E-state index contributed by atoms with van der Waals surface area (Å²) >= 11 is 23.9. The molecule has 0 heterocycles. The number of fused-ring (bicyclic) bond motifs is 1. The molecule has 0 aliphatic heterocycles. The molecule has 4 atom stereocenters. The lowest BCUT2D eigenvalue weighted by Crippen LogP contribution is -2.21. The van der Waals surface area contributed by atoms with Gasteiger partial charge in [-0.15, -0.1) is 46.4 Å². The summed E-state index contributed by atoms with van der Waals surface area (Å²) in [7, 11) is 0. The predicted octanol–water partition coefficient (Wildman–Crippen LogP) is 3.41. The summed E-state index contributed by atoms with van der Waals surface area (Å²) in [5.41, 5.74) is 0. The molecule has 0 N–H and O–H groups in total. The van der Waals surface area contributed by atoms with Gasteiger partial charge in [0.1, 0.15) is 4.33 Å². The first kappa shape index (κ1) is 8.74. The summed E-state index contributed by atoms with van der Waals surface area (Å²) in [6.07, 6.45) is 1.74. The average molecular weight is 234 g/mol. The molecule has 0 radical (unpaired) electrons. The summed E-state index contributed by atoms with van der Waals surface area (Å²) < 4.78 is -0.517. The molecule has 0 aromatic carbocycles. The number of hydrogen-bond donors (Lipinski definition) is 0. The maximum absolute atomic E-state index is 5.99. The normalized spacial score (nSPS) is 53.5. The van der Waals surface area contributed by atoms with E-state index >= 15 is 0 Å². The molecule has 2 fully saturated rings. The molecular weight excluding hydrogens is 226 g/mol. The van der Waals surface area contributed by atoms with Crippen molar-refractivity contribution in [1.82, 2.24) is 0 Å². The van der Waals surface area contributed by atoms with Gasteiger partial charge in [-0.05, 0) is 24.7 Å². The zero-order valence-electron chi connectivity index (χ0n) is 5.74. The fraction of sp³-hybridized carbons (Fsp3) is 1.00. The van der Waals surface area contributed by atoms with Gasteiger partial charge < -0.3 is 0 Å². The van der Waals surface area contributed by atoms with Crippen molar-refractivity contribution in [3.05, 3.63) is 0 Å². The topological polar surface area (TPSA) is 0 Å². The van der Waals surface area contributed by atoms with Gasteiger partial charge in [0.2, 0.25) is 0 Å². The molecule has 0 amide bonds. The second-order valence-corrected chi connectivity index (χ2v) is 5.96. The lowest BCUT2D eigenvalue weighted by atomic mass is 10.00. The van der Waals surface area contributed by atoms with Crippen molar-refractivity contribution in [2.45, 2.75) is 27.9 Å². The third-order valence-corrected chi connectivity index (χ3v) is 4.93. The Morgan fingerprint density at radius 2 is 1.27 bits per heavy atom. The van der Waals surface area contributed by atoms with Crippen LogP contribution in [0.4, 0.5) is 0 Å². The summed E-state index contributed by atoms with van der Waals surface area (Å²) in [6.45, 7) is 0. The third kappa shape index (κ3) is 1.27. The molecular formula is C7H8Cl4. The van der Waals surface area contributed by atoms with Gasteiger partial charge in [0.25, 0.3) is 0 Å². The van der Waals surface area contributed by atoms with Crippen molar-refractivity contribution in [2.24, 2.45) is 11.8 Å². The molecule has 0 spiro atoms. The van der Waals surface area contributed by atoms with Gasteiger partial charge in [0, 0.05) is 0 Å². The van der Waals surface area contributed by atoms with Crippen molar-refractivity contribution in [3.8, 4) is 0 Å². The van der Waals surface area contributed by atoms with Crippen LogP contribution in [-0.4, -0.2) is 15.1 Å². The highest BCUT2D eigenvalue weighted by molar-refractivity contribution is 6.51. The fourth-order valence-electron chi connectivity index (χ4n) is 1.88. The van der Waals surface area contributed by atoms with Crippen LogP contribution in [0.1, 0.15) is 12.8 Å². The van der Waals surface area contributed by atoms with Crippen molar-refractivity contribution < 1.29 is 0 Å². The second kappa shape index (κ2) is 2.57. The molecule has 11 heavy (non-hydrogen) atoms. The Bertz CT molecular complexity index is 161. The van der Waals surface area contributed by atoms with E-state index in [1.165, 1.54) is 0 Å². The van der Waals surface area contributed by atoms with Gasteiger partial charge in [-0.3, -0.25) is 0 Å². The van der Waals surface area contributed by atoms with Gasteiger partial charge >= 0.3 is 0 Å². The SMILES string of the molecule is ClC1CC2C(CC1Cl)C2(Cl)Cl. The molecule has 0 bridgehead atoms. The van der Waals surface area contributed by atoms with E-state index in [4.69, 9.17) is 46.4 Å². The van der Waals surface area contributed by atoms with Gasteiger partial charge in [0.05, 0.1) is 10.8 Å². The van der Waals surface area contributed by atoms with Crippen LogP contribution in [0.15, 0.2) is 0 Å². The van der Waals surface area contributed by atoms with Crippen LogP contribution in [0.25, 0.3) is 0 Å². The highest BCUT2D eigenvalue weighted by atomic mass is 35.5. The van der Waals surface area contributed by atoms with Gasteiger partial charge in [0.15, 0.2) is 0 Å². The van der Waals surface area contributed by atoms with E-state index in [0.717, 1.165) is 12.8 Å². The Hall–Kier alpha value is 1.16. The summed E-state index contributed by atoms with van der Waals surface area (Å²) in [6, 6.07) is 0. The average Bonchev–Trinajstić information content (AvgIpc) is 2.39. The molecule has 0 nitrogen and oxygen atoms in total. The number of halogens is 4. The molecule has 2 rings (SSSR count). The van der Waals surface area contributed by atoms with Crippen LogP contribution in [0.2, 0.25) is 0 Å². The molecule has 4 heteroatoms. The van der Waals surface area contributed by atoms with E-state index < -0.39 is 4.33 Å². The summed E-state index contributed by atoms with van der Waals surface area (Å²) in [4.78, 5) is 0. The lowest BCUT2D eigenvalue weighted by Gasteiger charge is -2.19. The van der Waals surface area contributed by atoms with E-state index in [0.29, 0.717) is 11.8 Å². The number of alkyl halides is 4. The van der Waals surface area contributed by atoms with E-state index in [2.05, 4.69) is 0 Å². The number of hydrogen-bond acceptors (Lipinski definition) is 0. The zero-order valence-corrected chi connectivity index (χ0v) is 8.76. The van der Waals surface area contributed by atoms with Crippen LogP contribution >= 0.6 is 46.4 Å². The standard InChI is InChI=1S/C7H8Cl4/c8-5-1-3-4(2-6(5)9)7(3,10)11/h3-6H,1-2H2. The zero-order chi connectivity index (χ0) is 8.22. The van der Waals surface area contributed by atoms with Crippen LogP contribution in [0.5, 0.6) is 0 Å². The maximum Gasteiger partial charge on any atom is 0.124 e. The highest BCUT2D eigenvalue weighted by Gasteiger charge is 2.65. The quantitative estimate of drug-likeness (QED) is 0.563. The monoisotopic (exact) mass is 232 g/mol. The van der Waals surface area contributed by atoms with Gasteiger partial charge in [-0.25, -0.2) is 0 Å². The van der Waals surface area contributed by atoms with Gasteiger partial charge in [-0.2, -0.15) is 0 Å². The van der Waals surface area contributed by atoms with Crippen molar-refractivity contribution >= 4 is 46.4 Å². The van der Waals surface area contributed by atoms with Crippen LogP contribution in [0.3, 0.4) is 0 Å². The van der Waals surface area contributed by atoms with Crippen LogP contribution < -0.4 is 0 Å². The van der Waals surface area contributed by atoms with E-state index in [1.807, 2.05) is 0 Å². The largest absolute Gasteiger partial charge is 0.124 e. The molecule has 64 valence electrons. The first-order valence-corrected chi connectivity index (χ1v) is 5.32. The highest BCUT2D eigenvalue weighted by Crippen LogP contribution is 2.66. The minimum atomic E-state index is -0.517. The Morgan fingerprint density at radius 3 is 1.64 bits per heavy atom. The van der Waals surface area contributed by atoms with Crippen molar-refractivity contribution in [2.75, 3.05) is 0 Å². The molecule has 2 saturated carbocycles. The summed E-state index contributed by atoms with van der Waals surface area (Å²) in [5.74, 6) is 0.784. The Labute approximate surface area is 86.1 Å². The maximum atomic E-state index is 5.99. The smallest absolute Gasteiger partial charge is 0.121 e. The first-order valence-electron chi connectivity index (χ1n) is 3.69. The Morgan fingerprint density at radius 1 is 0.909 bits per heavy atom.